The van der Waals surface area contributed by atoms with Crippen LogP contribution >= 0.6 is 0 Å². The topological polar surface area (TPSA) is 46.5 Å². The van der Waals surface area contributed by atoms with E-state index in [1.807, 2.05) is 6.08 Å². The van der Waals surface area contributed by atoms with Crippen LogP contribution in [0.15, 0.2) is 23.8 Å². The fraction of sp³-hybridized carbons (Fsp3) is 0.583. The first-order valence-electron chi connectivity index (χ1n) is 5.37. The fourth-order valence-electron chi connectivity index (χ4n) is 2.41. The van der Waals surface area contributed by atoms with Crippen molar-refractivity contribution in [1.82, 2.24) is 0 Å². The van der Waals surface area contributed by atoms with Crippen molar-refractivity contribution in [1.29, 1.82) is 0 Å². The minimum atomic E-state index is -0.178. The van der Waals surface area contributed by atoms with Gasteiger partial charge >= 0.3 is 5.97 Å². The molecule has 1 aliphatic heterocycles. The third-order valence-corrected chi connectivity index (χ3v) is 3.21. The summed E-state index contributed by atoms with van der Waals surface area (Å²) >= 11 is 0. The van der Waals surface area contributed by atoms with Gasteiger partial charge in [-0.1, -0.05) is 18.2 Å². The number of hydrogen-bond donors (Lipinski definition) is 1. The molecular weight excluding hydrogens is 192 g/mol. The van der Waals surface area contributed by atoms with E-state index in [0.29, 0.717) is 0 Å². The van der Waals surface area contributed by atoms with Gasteiger partial charge in [-0.15, -0.1) is 0 Å². The molecule has 0 bridgehead atoms. The maximum Gasteiger partial charge on any atom is 0.313 e. The van der Waals surface area contributed by atoms with Crippen molar-refractivity contribution in [3.05, 3.63) is 23.8 Å². The number of esters is 1. The number of hydrogen-bond acceptors (Lipinski definition) is 3. The second-order valence-corrected chi connectivity index (χ2v) is 4.28. The van der Waals surface area contributed by atoms with Crippen molar-refractivity contribution in [3.63, 3.8) is 0 Å². The quantitative estimate of drug-likeness (QED) is 0.524. The first kappa shape index (κ1) is 10.4. The van der Waals surface area contributed by atoms with Gasteiger partial charge in [0.05, 0.1) is 12.5 Å². The number of fused-ring (bicyclic) bond motifs is 1. The van der Waals surface area contributed by atoms with Crippen LogP contribution in [-0.4, -0.2) is 24.3 Å². The number of carbonyl (C=O) groups is 1. The summed E-state index contributed by atoms with van der Waals surface area (Å²) in [6.07, 6.45) is 4.98. The molecule has 1 heterocycles. The molecule has 1 N–H and O–H groups in total. The van der Waals surface area contributed by atoms with Crippen molar-refractivity contribution in [2.24, 2.45) is 11.8 Å². The smallest absolute Gasteiger partial charge is 0.313 e. The number of allylic oxidation sites excluding steroid dienone is 1. The first-order chi connectivity index (χ1) is 7.22. The van der Waals surface area contributed by atoms with E-state index in [9.17, 15) is 4.79 Å². The zero-order valence-electron chi connectivity index (χ0n) is 8.74. The molecule has 82 valence electrons. The Morgan fingerprint density at radius 1 is 1.60 bits per heavy atom. The fourth-order valence-corrected chi connectivity index (χ4v) is 2.41. The van der Waals surface area contributed by atoms with Gasteiger partial charge in [0.15, 0.2) is 0 Å². The van der Waals surface area contributed by atoms with Crippen LogP contribution in [0.5, 0.6) is 0 Å². The molecule has 3 heteroatoms. The van der Waals surface area contributed by atoms with Crippen LogP contribution in [0.25, 0.3) is 0 Å². The molecule has 0 saturated heterocycles. The highest BCUT2D eigenvalue weighted by atomic mass is 16.5. The summed E-state index contributed by atoms with van der Waals surface area (Å²) in [6.45, 7) is 4.16. The SMILES string of the molecule is C=C1CCC[C@H]2C=C(CO)COC(=O)[C@H]12. The van der Waals surface area contributed by atoms with Crippen LogP contribution < -0.4 is 0 Å². The van der Waals surface area contributed by atoms with Gasteiger partial charge in [-0.2, -0.15) is 0 Å². The van der Waals surface area contributed by atoms with Gasteiger partial charge in [-0.3, -0.25) is 4.79 Å². The third-order valence-electron chi connectivity index (χ3n) is 3.21. The van der Waals surface area contributed by atoms with E-state index in [1.165, 1.54) is 0 Å². The van der Waals surface area contributed by atoms with E-state index < -0.39 is 0 Å². The maximum atomic E-state index is 11.7. The highest BCUT2D eigenvalue weighted by Gasteiger charge is 2.35. The van der Waals surface area contributed by atoms with Crippen LogP contribution in [-0.2, 0) is 9.53 Å². The predicted octanol–water partition coefficient (Wildman–Crippen LogP) is 1.43. The Kier molecular flexibility index (Phi) is 2.91. The standard InChI is InChI=1S/C12H16O3/c1-8-3-2-4-10-5-9(6-13)7-15-12(14)11(8)10/h5,10-11,13H,1-4,6-7H2/t10-,11+/m0/s1. The van der Waals surface area contributed by atoms with Gasteiger partial charge in [-0.05, 0) is 30.8 Å². The molecule has 1 aliphatic carbocycles. The molecule has 0 aromatic rings. The van der Waals surface area contributed by atoms with Crippen LogP contribution in [0, 0.1) is 11.8 Å². The van der Waals surface area contributed by atoms with E-state index in [-0.39, 0.29) is 31.0 Å². The molecule has 1 fully saturated rings. The van der Waals surface area contributed by atoms with E-state index in [2.05, 4.69) is 6.58 Å². The van der Waals surface area contributed by atoms with Gasteiger partial charge in [0.2, 0.25) is 0 Å². The molecule has 1 saturated carbocycles. The molecule has 0 radical (unpaired) electrons. The van der Waals surface area contributed by atoms with Crippen molar-refractivity contribution in [2.45, 2.75) is 19.3 Å². The number of aliphatic hydroxyl groups is 1. The summed E-state index contributed by atoms with van der Waals surface area (Å²) in [5.41, 5.74) is 1.79. The zero-order chi connectivity index (χ0) is 10.8. The maximum absolute atomic E-state index is 11.7. The van der Waals surface area contributed by atoms with Crippen molar-refractivity contribution in [2.75, 3.05) is 13.2 Å². The lowest BCUT2D eigenvalue weighted by Crippen LogP contribution is -2.27. The number of ether oxygens (including phenoxy) is 1. The predicted molar refractivity (Wildman–Crippen MR) is 56.1 cm³/mol. The lowest BCUT2D eigenvalue weighted by atomic mass is 9.76. The normalized spacial score (nSPS) is 31.4. The Hall–Kier alpha value is -1.09. The Bertz CT molecular complexity index is 317. The Balaban J connectivity index is 2.26. The number of aliphatic hydroxyl groups excluding tert-OH is 1. The van der Waals surface area contributed by atoms with E-state index in [0.717, 1.165) is 30.4 Å². The van der Waals surface area contributed by atoms with E-state index in [4.69, 9.17) is 9.84 Å². The highest BCUT2D eigenvalue weighted by Crippen LogP contribution is 2.37. The number of cyclic esters (lactones) is 1. The monoisotopic (exact) mass is 208 g/mol. The van der Waals surface area contributed by atoms with Crippen LogP contribution in [0.4, 0.5) is 0 Å². The molecule has 2 aliphatic rings. The minimum absolute atomic E-state index is 0.0248. The zero-order valence-corrected chi connectivity index (χ0v) is 8.74. The van der Waals surface area contributed by atoms with Gasteiger partial charge in [0, 0.05) is 0 Å². The van der Waals surface area contributed by atoms with Crippen LogP contribution in [0.1, 0.15) is 19.3 Å². The van der Waals surface area contributed by atoms with Crippen LogP contribution in [0.2, 0.25) is 0 Å². The minimum Gasteiger partial charge on any atom is -0.461 e. The van der Waals surface area contributed by atoms with Gasteiger partial charge in [0.1, 0.15) is 6.61 Å². The van der Waals surface area contributed by atoms with Crippen LogP contribution in [0.3, 0.4) is 0 Å². The summed E-state index contributed by atoms with van der Waals surface area (Å²) in [5.74, 6) is -0.171. The Morgan fingerprint density at radius 3 is 3.13 bits per heavy atom. The average Bonchev–Trinajstić information content (AvgIpc) is 2.39. The number of carbonyl (C=O) groups excluding carboxylic acids is 1. The second kappa shape index (κ2) is 4.19. The summed E-state index contributed by atoms with van der Waals surface area (Å²) in [6, 6.07) is 0. The molecule has 3 nitrogen and oxygen atoms in total. The molecule has 2 rings (SSSR count). The van der Waals surface area contributed by atoms with E-state index >= 15 is 0 Å². The molecule has 15 heavy (non-hydrogen) atoms. The summed E-state index contributed by atoms with van der Waals surface area (Å²) in [4.78, 5) is 11.7. The average molecular weight is 208 g/mol. The summed E-state index contributed by atoms with van der Waals surface area (Å²) < 4.78 is 5.12. The van der Waals surface area contributed by atoms with E-state index in [1.54, 1.807) is 0 Å². The number of rotatable bonds is 1. The lowest BCUT2D eigenvalue weighted by molar-refractivity contribution is -0.147. The molecular formula is C12H16O3. The van der Waals surface area contributed by atoms with Crippen molar-refractivity contribution >= 4 is 5.97 Å². The molecule has 2 atom stereocenters. The van der Waals surface area contributed by atoms with Gasteiger partial charge in [0.25, 0.3) is 0 Å². The molecule has 0 spiro atoms. The Morgan fingerprint density at radius 2 is 2.40 bits per heavy atom. The highest BCUT2D eigenvalue weighted by molar-refractivity contribution is 5.77. The van der Waals surface area contributed by atoms with Gasteiger partial charge < -0.3 is 9.84 Å². The molecule has 0 amide bonds. The lowest BCUT2D eigenvalue weighted by Gasteiger charge is -2.28. The third kappa shape index (κ3) is 1.97. The summed E-state index contributed by atoms with van der Waals surface area (Å²) in [5, 5.41) is 9.08. The largest absolute Gasteiger partial charge is 0.461 e. The van der Waals surface area contributed by atoms with Crippen molar-refractivity contribution in [3.8, 4) is 0 Å². The second-order valence-electron chi connectivity index (χ2n) is 4.28. The molecule has 0 unspecified atom stereocenters. The molecule has 0 aromatic heterocycles. The summed E-state index contributed by atoms with van der Waals surface area (Å²) in [7, 11) is 0. The Labute approximate surface area is 89.4 Å². The molecule has 0 aromatic carbocycles. The van der Waals surface area contributed by atoms with Crippen molar-refractivity contribution < 1.29 is 14.6 Å². The van der Waals surface area contributed by atoms with Gasteiger partial charge in [-0.25, -0.2) is 0 Å². The first-order valence-corrected chi connectivity index (χ1v) is 5.37.